The van der Waals surface area contributed by atoms with Crippen LogP contribution in [-0.4, -0.2) is 11.1 Å². The average molecular weight is 312 g/mol. The van der Waals surface area contributed by atoms with Crippen LogP contribution in [0.4, 0.5) is 0 Å². The summed E-state index contributed by atoms with van der Waals surface area (Å²) in [6.07, 6.45) is 0. The maximum absolute atomic E-state index is 11.5. The third-order valence-electron chi connectivity index (χ3n) is 3.18. The Bertz CT molecular complexity index is 884. The highest BCUT2D eigenvalue weighted by atomic mass is 32.2. The van der Waals surface area contributed by atoms with Gasteiger partial charge in [-0.1, -0.05) is 24.3 Å². The minimum absolute atomic E-state index is 0.347. The minimum atomic E-state index is -1.28. The molecule has 0 atom stereocenters. The monoisotopic (exact) mass is 312 g/mol. The molecule has 0 spiro atoms. The lowest BCUT2D eigenvalue weighted by atomic mass is 10.1. The maximum Gasteiger partial charge on any atom is 0.351 e. The van der Waals surface area contributed by atoms with E-state index in [4.69, 9.17) is 9.52 Å². The van der Waals surface area contributed by atoms with Gasteiger partial charge >= 0.3 is 11.6 Å². The highest BCUT2D eigenvalue weighted by Gasteiger charge is 2.12. The Morgan fingerprint density at radius 2 is 1.86 bits per heavy atom. The predicted molar refractivity (Wildman–Crippen MR) is 85.4 cm³/mol. The van der Waals surface area contributed by atoms with Crippen LogP contribution in [0.15, 0.2) is 68.7 Å². The summed E-state index contributed by atoms with van der Waals surface area (Å²) in [6, 6.07) is 16.8. The smallest absolute Gasteiger partial charge is 0.351 e. The second-order valence-electron chi connectivity index (χ2n) is 4.73. The van der Waals surface area contributed by atoms with Gasteiger partial charge in [-0.3, -0.25) is 0 Å². The van der Waals surface area contributed by atoms with E-state index in [1.807, 2.05) is 42.5 Å². The Balaban J connectivity index is 1.90. The lowest BCUT2D eigenvalue weighted by Gasteiger charge is -2.04. The number of rotatable bonds is 4. The van der Waals surface area contributed by atoms with Gasteiger partial charge in [0.15, 0.2) is 0 Å². The van der Waals surface area contributed by atoms with E-state index in [2.05, 4.69) is 0 Å². The normalized spacial score (nSPS) is 10.7. The maximum atomic E-state index is 11.5. The molecule has 0 unspecified atom stereocenters. The molecule has 0 fully saturated rings. The molecule has 0 bridgehead atoms. The summed E-state index contributed by atoms with van der Waals surface area (Å²) in [5, 5.41) is 9.60. The Morgan fingerprint density at radius 3 is 2.59 bits per heavy atom. The van der Waals surface area contributed by atoms with Gasteiger partial charge in [-0.2, -0.15) is 0 Å². The molecule has 0 radical (unpaired) electrons. The highest BCUT2D eigenvalue weighted by molar-refractivity contribution is 7.98. The molecule has 1 aromatic heterocycles. The van der Waals surface area contributed by atoms with Crippen LogP contribution in [0.3, 0.4) is 0 Å². The van der Waals surface area contributed by atoms with E-state index in [1.54, 1.807) is 17.8 Å². The number of aromatic carboxylic acids is 1. The standard InChI is InChI=1S/C17H12O4S/c18-16(19)14-9-12-8-11(6-7-15(12)21-17(14)20)10-22-13-4-2-1-3-5-13/h1-9H,10H2,(H,18,19). The molecule has 1 heterocycles. The number of carbonyl (C=O) groups is 1. The van der Waals surface area contributed by atoms with Crippen LogP contribution in [0.25, 0.3) is 11.0 Å². The Kier molecular flexibility index (Phi) is 3.98. The first-order chi connectivity index (χ1) is 10.6. The summed E-state index contributed by atoms with van der Waals surface area (Å²) in [7, 11) is 0. The van der Waals surface area contributed by atoms with Crippen molar-refractivity contribution in [3.63, 3.8) is 0 Å². The van der Waals surface area contributed by atoms with Crippen molar-refractivity contribution >= 4 is 28.7 Å². The van der Waals surface area contributed by atoms with Crippen molar-refractivity contribution in [3.8, 4) is 0 Å². The average Bonchev–Trinajstić information content (AvgIpc) is 2.53. The summed E-state index contributed by atoms with van der Waals surface area (Å²) in [6.45, 7) is 0. The largest absolute Gasteiger partial charge is 0.477 e. The van der Waals surface area contributed by atoms with Gasteiger partial charge in [-0.25, -0.2) is 9.59 Å². The fraction of sp³-hybridized carbons (Fsp3) is 0.0588. The number of carboxylic acid groups (broad SMARTS) is 1. The summed E-state index contributed by atoms with van der Waals surface area (Å²) in [5.41, 5.74) is 0.252. The number of hydrogen-bond donors (Lipinski definition) is 1. The van der Waals surface area contributed by atoms with Crippen LogP contribution in [0.2, 0.25) is 0 Å². The molecule has 0 aliphatic rings. The van der Waals surface area contributed by atoms with Crippen LogP contribution < -0.4 is 5.63 Å². The molecule has 3 aromatic rings. The molecule has 0 amide bonds. The molecular formula is C17H12O4S. The predicted octanol–water partition coefficient (Wildman–Crippen LogP) is 3.78. The van der Waals surface area contributed by atoms with Crippen LogP contribution in [0, 0.1) is 0 Å². The van der Waals surface area contributed by atoms with Crippen LogP contribution in [0.5, 0.6) is 0 Å². The fourth-order valence-electron chi connectivity index (χ4n) is 2.10. The van der Waals surface area contributed by atoms with Crippen molar-refractivity contribution in [1.29, 1.82) is 0 Å². The van der Waals surface area contributed by atoms with E-state index in [0.717, 1.165) is 16.2 Å². The molecule has 0 aliphatic carbocycles. The molecule has 110 valence electrons. The summed E-state index contributed by atoms with van der Waals surface area (Å²) in [5.74, 6) is -0.527. The molecule has 0 aliphatic heterocycles. The van der Waals surface area contributed by atoms with Gasteiger partial charge in [0.25, 0.3) is 0 Å². The molecule has 5 heteroatoms. The Morgan fingerprint density at radius 1 is 1.09 bits per heavy atom. The first-order valence-corrected chi connectivity index (χ1v) is 7.60. The van der Waals surface area contributed by atoms with Crippen molar-refractivity contribution in [1.82, 2.24) is 0 Å². The van der Waals surface area contributed by atoms with Gasteiger partial charge in [0.1, 0.15) is 11.1 Å². The quantitative estimate of drug-likeness (QED) is 0.586. The number of thioether (sulfide) groups is 1. The zero-order chi connectivity index (χ0) is 15.5. The number of benzene rings is 2. The fourth-order valence-corrected chi connectivity index (χ4v) is 2.96. The summed E-state index contributed by atoms with van der Waals surface area (Å²) in [4.78, 5) is 23.7. The van der Waals surface area contributed by atoms with Crippen molar-refractivity contribution in [2.45, 2.75) is 10.6 Å². The summed E-state index contributed by atoms with van der Waals surface area (Å²) < 4.78 is 5.03. The lowest BCUT2D eigenvalue weighted by molar-refractivity contribution is 0.0692. The van der Waals surface area contributed by atoms with E-state index in [1.165, 1.54) is 6.07 Å². The third-order valence-corrected chi connectivity index (χ3v) is 4.26. The van der Waals surface area contributed by atoms with Gasteiger partial charge in [-0.15, -0.1) is 11.8 Å². The molecule has 4 nitrogen and oxygen atoms in total. The third kappa shape index (κ3) is 3.04. The van der Waals surface area contributed by atoms with Crippen LogP contribution in [-0.2, 0) is 5.75 Å². The molecule has 2 aromatic carbocycles. The second-order valence-corrected chi connectivity index (χ2v) is 5.78. The summed E-state index contributed by atoms with van der Waals surface area (Å²) >= 11 is 1.69. The van der Waals surface area contributed by atoms with Crippen molar-refractivity contribution < 1.29 is 14.3 Å². The number of fused-ring (bicyclic) bond motifs is 1. The molecule has 1 N–H and O–H groups in total. The van der Waals surface area contributed by atoms with E-state index in [0.29, 0.717) is 11.0 Å². The van der Waals surface area contributed by atoms with Crippen molar-refractivity contribution in [2.75, 3.05) is 0 Å². The Labute approximate surface area is 130 Å². The van der Waals surface area contributed by atoms with Crippen LogP contribution >= 0.6 is 11.8 Å². The highest BCUT2D eigenvalue weighted by Crippen LogP contribution is 2.24. The van der Waals surface area contributed by atoms with Gasteiger partial charge in [0.05, 0.1) is 0 Å². The molecule has 0 saturated heterocycles. The Hall–Kier alpha value is -2.53. The van der Waals surface area contributed by atoms with Crippen molar-refractivity contribution in [2.24, 2.45) is 0 Å². The van der Waals surface area contributed by atoms with Gasteiger partial charge in [0.2, 0.25) is 0 Å². The van der Waals surface area contributed by atoms with Gasteiger partial charge < -0.3 is 9.52 Å². The first kappa shape index (κ1) is 14.4. The molecule has 0 saturated carbocycles. The number of hydrogen-bond acceptors (Lipinski definition) is 4. The van der Waals surface area contributed by atoms with Crippen LogP contribution in [0.1, 0.15) is 15.9 Å². The van der Waals surface area contributed by atoms with E-state index >= 15 is 0 Å². The van der Waals surface area contributed by atoms with Crippen molar-refractivity contribution in [3.05, 3.63) is 76.1 Å². The zero-order valence-corrected chi connectivity index (χ0v) is 12.3. The van der Waals surface area contributed by atoms with Gasteiger partial charge in [0, 0.05) is 16.0 Å². The van der Waals surface area contributed by atoms with E-state index in [-0.39, 0.29) is 5.56 Å². The van der Waals surface area contributed by atoms with E-state index < -0.39 is 11.6 Å². The first-order valence-electron chi connectivity index (χ1n) is 6.61. The number of carboxylic acids is 1. The SMILES string of the molecule is O=C(O)c1cc2cc(CSc3ccccc3)ccc2oc1=O. The topological polar surface area (TPSA) is 67.5 Å². The lowest BCUT2D eigenvalue weighted by Crippen LogP contribution is -2.12. The van der Waals surface area contributed by atoms with E-state index in [9.17, 15) is 9.59 Å². The van der Waals surface area contributed by atoms with Gasteiger partial charge in [-0.05, 0) is 35.9 Å². The zero-order valence-electron chi connectivity index (χ0n) is 11.5. The molecule has 3 rings (SSSR count). The molecule has 22 heavy (non-hydrogen) atoms. The molecular weight excluding hydrogens is 300 g/mol. The minimum Gasteiger partial charge on any atom is -0.477 e. The second kappa shape index (κ2) is 6.07.